The number of hydrogen-bond acceptors (Lipinski definition) is 3. The van der Waals surface area contributed by atoms with Crippen LogP contribution in [0.2, 0.25) is 0 Å². The molecular formula is C14H24N2O2S. The highest BCUT2D eigenvalue weighted by molar-refractivity contribution is 7.89. The molecule has 0 aromatic heterocycles. The predicted molar refractivity (Wildman–Crippen MR) is 78.8 cm³/mol. The van der Waals surface area contributed by atoms with Crippen LogP contribution in [0.1, 0.15) is 37.5 Å². The first-order chi connectivity index (χ1) is 8.77. The molecule has 1 aromatic carbocycles. The van der Waals surface area contributed by atoms with Gasteiger partial charge in [0.05, 0.1) is 4.90 Å². The molecule has 0 fully saturated rings. The van der Waals surface area contributed by atoms with Crippen LogP contribution >= 0.6 is 0 Å². The highest BCUT2D eigenvalue weighted by atomic mass is 32.2. The number of sulfonamides is 1. The molecule has 0 spiro atoms. The van der Waals surface area contributed by atoms with Gasteiger partial charge in [-0.1, -0.05) is 26.8 Å². The summed E-state index contributed by atoms with van der Waals surface area (Å²) in [5, 5.41) is 3.30. The van der Waals surface area contributed by atoms with E-state index in [4.69, 9.17) is 0 Å². The van der Waals surface area contributed by atoms with E-state index in [1.54, 1.807) is 13.0 Å². The molecule has 0 radical (unpaired) electrons. The minimum absolute atomic E-state index is 0.371. The zero-order valence-corrected chi connectivity index (χ0v) is 13.2. The fraction of sp³-hybridized carbons (Fsp3) is 0.571. The molecular weight excluding hydrogens is 260 g/mol. The van der Waals surface area contributed by atoms with Gasteiger partial charge < -0.3 is 5.32 Å². The van der Waals surface area contributed by atoms with Crippen LogP contribution < -0.4 is 10.0 Å². The molecule has 0 bridgehead atoms. The third-order valence-corrected chi connectivity index (χ3v) is 4.69. The zero-order valence-electron chi connectivity index (χ0n) is 12.4. The molecule has 2 N–H and O–H groups in total. The molecule has 0 heterocycles. The molecule has 1 rings (SSSR count). The van der Waals surface area contributed by atoms with Gasteiger partial charge in [-0.3, -0.25) is 0 Å². The third-order valence-electron chi connectivity index (χ3n) is 3.02. The maximum Gasteiger partial charge on any atom is 0.240 e. The van der Waals surface area contributed by atoms with Crippen LogP contribution in [0.4, 0.5) is 0 Å². The van der Waals surface area contributed by atoms with Crippen molar-refractivity contribution in [1.29, 1.82) is 0 Å². The van der Waals surface area contributed by atoms with Gasteiger partial charge in [0.2, 0.25) is 10.0 Å². The topological polar surface area (TPSA) is 58.2 Å². The smallest absolute Gasteiger partial charge is 0.240 e. The Morgan fingerprint density at radius 3 is 2.37 bits per heavy atom. The molecule has 0 amide bonds. The fourth-order valence-corrected chi connectivity index (χ4v) is 3.28. The summed E-state index contributed by atoms with van der Waals surface area (Å²) in [6, 6.07) is 4.17. The standard InChI is InChI=1S/C14H24N2O2S/c1-6-16-19(17,18)14-8-13(9-15-10(2)3)7-11(4)12(14)5/h7-8,10,15-16H,6,9H2,1-5H3. The third kappa shape index (κ3) is 4.30. The molecule has 4 nitrogen and oxygen atoms in total. The van der Waals surface area contributed by atoms with Crippen molar-refractivity contribution in [1.82, 2.24) is 10.0 Å². The Morgan fingerprint density at radius 2 is 1.84 bits per heavy atom. The second kappa shape index (κ2) is 6.50. The Bertz CT molecular complexity index is 537. The number of benzene rings is 1. The van der Waals surface area contributed by atoms with Gasteiger partial charge in [0, 0.05) is 19.1 Å². The lowest BCUT2D eigenvalue weighted by Gasteiger charge is -2.14. The summed E-state index contributed by atoms with van der Waals surface area (Å²) in [7, 11) is -3.40. The van der Waals surface area contributed by atoms with Crippen LogP contribution in [0.3, 0.4) is 0 Å². The summed E-state index contributed by atoms with van der Waals surface area (Å²) in [6.07, 6.45) is 0. The lowest BCUT2D eigenvalue weighted by molar-refractivity contribution is 0.580. The van der Waals surface area contributed by atoms with Crippen LogP contribution in [0, 0.1) is 13.8 Å². The number of aryl methyl sites for hydroxylation is 1. The van der Waals surface area contributed by atoms with Crippen LogP contribution in [0.25, 0.3) is 0 Å². The first kappa shape index (κ1) is 16.1. The van der Waals surface area contributed by atoms with Crippen LogP contribution in [-0.4, -0.2) is 21.0 Å². The van der Waals surface area contributed by atoms with E-state index in [-0.39, 0.29) is 0 Å². The molecule has 5 heteroatoms. The normalized spacial score (nSPS) is 12.1. The average Bonchev–Trinajstić information content (AvgIpc) is 2.30. The SMILES string of the molecule is CCNS(=O)(=O)c1cc(CNC(C)C)cc(C)c1C. The van der Waals surface area contributed by atoms with Gasteiger partial charge >= 0.3 is 0 Å². The van der Waals surface area contributed by atoms with Gasteiger partial charge in [-0.05, 0) is 36.6 Å². The Labute approximate surface area is 116 Å². The summed E-state index contributed by atoms with van der Waals surface area (Å²) in [5.41, 5.74) is 2.81. The summed E-state index contributed by atoms with van der Waals surface area (Å²) in [5.74, 6) is 0. The van der Waals surface area contributed by atoms with Gasteiger partial charge in [0.15, 0.2) is 0 Å². The van der Waals surface area contributed by atoms with Crippen molar-refractivity contribution >= 4 is 10.0 Å². The number of nitrogens with one attached hydrogen (secondary N) is 2. The van der Waals surface area contributed by atoms with Crippen molar-refractivity contribution in [3.8, 4) is 0 Å². The van der Waals surface area contributed by atoms with Gasteiger partial charge in [-0.2, -0.15) is 0 Å². The van der Waals surface area contributed by atoms with Gasteiger partial charge in [0.25, 0.3) is 0 Å². The number of hydrogen-bond donors (Lipinski definition) is 2. The van der Waals surface area contributed by atoms with E-state index >= 15 is 0 Å². The monoisotopic (exact) mass is 284 g/mol. The quantitative estimate of drug-likeness (QED) is 0.841. The Hall–Kier alpha value is -0.910. The minimum Gasteiger partial charge on any atom is -0.310 e. The Balaban J connectivity index is 3.17. The molecule has 0 aliphatic heterocycles. The summed E-state index contributed by atoms with van der Waals surface area (Å²) in [6.45, 7) is 10.8. The Morgan fingerprint density at radius 1 is 1.21 bits per heavy atom. The molecule has 0 unspecified atom stereocenters. The second-order valence-electron chi connectivity index (χ2n) is 5.07. The average molecular weight is 284 g/mol. The van der Waals surface area contributed by atoms with E-state index in [1.807, 2.05) is 19.9 Å². The van der Waals surface area contributed by atoms with Crippen molar-refractivity contribution in [3.05, 3.63) is 28.8 Å². The van der Waals surface area contributed by atoms with E-state index in [2.05, 4.69) is 23.9 Å². The maximum absolute atomic E-state index is 12.2. The van der Waals surface area contributed by atoms with Gasteiger partial charge in [-0.15, -0.1) is 0 Å². The summed E-state index contributed by atoms with van der Waals surface area (Å²) < 4.78 is 26.9. The van der Waals surface area contributed by atoms with E-state index < -0.39 is 10.0 Å². The molecule has 0 aliphatic rings. The van der Waals surface area contributed by atoms with Gasteiger partial charge in [0.1, 0.15) is 0 Å². The van der Waals surface area contributed by atoms with Crippen LogP contribution in [-0.2, 0) is 16.6 Å². The number of rotatable bonds is 6. The maximum atomic E-state index is 12.2. The highest BCUT2D eigenvalue weighted by Gasteiger charge is 2.17. The van der Waals surface area contributed by atoms with Crippen molar-refractivity contribution in [2.75, 3.05) is 6.54 Å². The van der Waals surface area contributed by atoms with Crippen LogP contribution in [0.15, 0.2) is 17.0 Å². The molecule has 0 saturated carbocycles. The van der Waals surface area contributed by atoms with Crippen molar-refractivity contribution in [2.24, 2.45) is 0 Å². The van der Waals surface area contributed by atoms with Gasteiger partial charge in [-0.25, -0.2) is 13.1 Å². The molecule has 0 atom stereocenters. The molecule has 108 valence electrons. The minimum atomic E-state index is -3.40. The summed E-state index contributed by atoms with van der Waals surface area (Å²) >= 11 is 0. The zero-order chi connectivity index (χ0) is 14.6. The van der Waals surface area contributed by atoms with E-state index in [9.17, 15) is 8.42 Å². The lowest BCUT2D eigenvalue weighted by atomic mass is 10.1. The van der Waals surface area contributed by atoms with Crippen LogP contribution in [0.5, 0.6) is 0 Å². The first-order valence-corrected chi connectivity index (χ1v) is 8.09. The van der Waals surface area contributed by atoms with E-state index in [1.165, 1.54) is 0 Å². The van der Waals surface area contributed by atoms with E-state index in [0.717, 1.165) is 16.7 Å². The first-order valence-electron chi connectivity index (χ1n) is 6.61. The largest absolute Gasteiger partial charge is 0.310 e. The molecule has 19 heavy (non-hydrogen) atoms. The second-order valence-corrected chi connectivity index (χ2v) is 6.81. The summed E-state index contributed by atoms with van der Waals surface area (Å²) in [4.78, 5) is 0.384. The van der Waals surface area contributed by atoms with Crippen molar-refractivity contribution in [2.45, 2.75) is 52.1 Å². The Kier molecular flexibility index (Phi) is 5.52. The fourth-order valence-electron chi connectivity index (χ4n) is 1.87. The van der Waals surface area contributed by atoms with Crippen molar-refractivity contribution < 1.29 is 8.42 Å². The van der Waals surface area contributed by atoms with Crippen molar-refractivity contribution in [3.63, 3.8) is 0 Å². The molecule has 0 aliphatic carbocycles. The lowest BCUT2D eigenvalue weighted by Crippen LogP contribution is -2.25. The van der Waals surface area contributed by atoms with E-state index in [0.29, 0.717) is 24.0 Å². The molecule has 1 aromatic rings. The predicted octanol–water partition coefficient (Wildman–Crippen LogP) is 2.10. The molecule has 0 saturated heterocycles. The highest BCUT2D eigenvalue weighted by Crippen LogP contribution is 2.21.